The molecular formula is C10H9BrN4O. The predicted molar refractivity (Wildman–Crippen MR) is 64.8 cm³/mol. The van der Waals surface area contributed by atoms with Gasteiger partial charge in [-0.25, -0.2) is 9.89 Å². The molecule has 0 spiro atoms. The van der Waals surface area contributed by atoms with Crippen molar-refractivity contribution in [3.8, 4) is 0 Å². The maximum Gasteiger partial charge on any atom is 0.363 e. The van der Waals surface area contributed by atoms with E-state index >= 15 is 0 Å². The Morgan fingerprint density at radius 2 is 2.25 bits per heavy atom. The molecule has 5 nitrogen and oxygen atoms in total. The van der Waals surface area contributed by atoms with Crippen molar-refractivity contribution in [3.05, 3.63) is 44.9 Å². The lowest BCUT2D eigenvalue weighted by atomic mass is 10.3. The number of hydrogen-bond donors (Lipinski definition) is 2. The van der Waals surface area contributed by atoms with E-state index in [2.05, 4.69) is 36.4 Å². The van der Waals surface area contributed by atoms with Gasteiger partial charge in [-0.05, 0) is 25.1 Å². The number of aryl methyl sites for hydroxylation is 1. The molecule has 0 unspecified atom stereocenters. The van der Waals surface area contributed by atoms with E-state index in [1.54, 1.807) is 6.92 Å². The highest BCUT2D eigenvalue weighted by molar-refractivity contribution is 9.10. The predicted octanol–water partition coefficient (Wildman–Crippen LogP) is 1.98. The van der Waals surface area contributed by atoms with Crippen LogP contribution in [-0.2, 0) is 0 Å². The maximum absolute atomic E-state index is 11.0. The number of H-pyrrole nitrogens is 1. The van der Waals surface area contributed by atoms with Crippen LogP contribution in [0.4, 0.5) is 11.5 Å². The minimum absolute atomic E-state index is 0.460. The Kier molecular flexibility index (Phi) is 3.00. The van der Waals surface area contributed by atoms with Crippen LogP contribution in [0.15, 0.2) is 33.5 Å². The second-order valence-corrected chi connectivity index (χ2v) is 4.13. The summed E-state index contributed by atoms with van der Waals surface area (Å²) in [5.41, 5.74) is 1.01. The number of aromatic amines is 1. The van der Waals surface area contributed by atoms with Gasteiger partial charge in [-0.1, -0.05) is 22.0 Å². The normalized spacial score (nSPS) is 10.1. The largest absolute Gasteiger partial charge is 0.363 e. The molecule has 1 aromatic heterocycles. The van der Waals surface area contributed by atoms with Crippen molar-refractivity contribution in [2.45, 2.75) is 6.92 Å². The fourth-order valence-corrected chi connectivity index (χ4v) is 1.61. The molecule has 2 rings (SSSR count). The fourth-order valence-electron chi connectivity index (χ4n) is 1.21. The molecule has 0 atom stereocenters. The van der Waals surface area contributed by atoms with Crippen LogP contribution in [0.25, 0.3) is 0 Å². The van der Waals surface area contributed by atoms with Gasteiger partial charge in [-0.15, -0.1) is 0 Å². The monoisotopic (exact) mass is 280 g/mol. The lowest BCUT2D eigenvalue weighted by molar-refractivity contribution is 0.885. The molecule has 0 fully saturated rings. The molecule has 2 aromatic rings. The molecule has 82 valence electrons. The molecule has 0 saturated carbocycles. The van der Waals surface area contributed by atoms with Gasteiger partial charge in [0, 0.05) is 10.2 Å². The first-order valence-corrected chi connectivity index (χ1v) is 5.40. The van der Waals surface area contributed by atoms with Gasteiger partial charge in [0.25, 0.3) is 0 Å². The molecule has 1 heterocycles. The Morgan fingerprint density at radius 1 is 1.44 bits per heavy atom. The van der Waals surface area contributed by atoms with Crippen molar-refractivity contribution in [1.82, 2.24) is 15.2 Å². The highest BCUT2D eigenvalue weighted by Gasteiger charge is 2.02. The van der Waals surface area contributed by atoms with Crippen molar-refractivity contribution in [2.75, 3.05) is 5.32 Å². The van der Waals surface area contributed by atoms with Crippen molar-refractivity contribution in [2.24, 2.45) is 0 Å². The minimum Gasteiger partial charge on any atom is -0.338 e. The van der Waals surface area contributed by atoms with Gasteiger partial charge >= 0.3 is 5.69 Å². The van der Waals surface area contributed by atoms with Gasteiger partial charge in [0.05, 0.1) is 0 Å². The molecule has 16 heavy (non-hydrogen) atoms. The van der Waals surface area contributed by atoms with E-state index in [0.717, 1.165) is 10.2 Å². The van der Waals surface area contributed by atoms with E-state index in [1.165, 1.54) is 0 Å². The molecule has 0 aliphatic rings. The average Bonchev–Trinajstić information content (AvgIpc) is 2.24. The topological polar surface area (TPSA) is 70.7 Å². The summed E-state index contributed by atoms with van der Waals surface area (Å²) >= 11 is 3.36. The van der Waals surface area contributed by atoms with Gasteiger partial charge in [0.1, 0.15) is 5.69 Å². The van der Waals surface area contributed by atoms with E-state index in [0.29, 0.717) is 11.5 Å². The Labute approximate surface area is 100 Å². The third-order valence-corrected chi connectivity index (χ3v) is 2.46. The highest BCUT2D eigenvalue weighted by Crippen LogP contribution is 2.19. The lowest BCUT2D eigenvalue weighted by Crippen LogP contribution is -2.15. The Balaban J connectivity index is 2.33. The Hall–Kier alpha value is -1.69. The van der Waals surface area contributed by atoms with E-state index in [1.807, 2.05) is 24.3 Å². The highest BCUT2D eigenvalue weighted by atomic mass is 79.9. The quantitative estimate of drug-likeness (QED) is 0.883. The minimum atomic E-state index is -0.469. The van der Waals surface area contributed by atoms with Crippen LogP contribution in [-0.4, -0.2) is 15.2 Å². The van der Waals surface area contributed by atoms with Crippen molar-refractivity contribution >= 4 is 27.4 Å². The summed E-state index contributed by atoms with van der Waals surface area (Å²) in [7, 11) is 0. The number of hydrogen-bond acceptors (Lipinski definition) is 4. The fraction of sp³-hybridized carbons (Fsp3) is 0.100. The summed E-state index contributed by atoms with van der Waals surface area (Å²) in [5.74, 6) is 0.460. The zero-order chi connectivity index (χ0) is 11.5. The van der Waals surface area contributed by atoms with Crippen LogP contribution in [0, 0.1) is 6.92 Å². The average molecular weight is 281 g/mol. The molecule has 0 radical (unpaired) electrons. The first-order valence-electron chi connectivity index (χ1n) is 4.61. The standard InChI is InChI=1S/C10H9BrN4O/c1-6-9(13-10(16)15-14-6)12-8-4-2-3-7(11)5-8/h2-5H,1H3,(H2,12,13,15,16). The summed E-state index contributed by atoms with van der Waals surface area (Å²) in [6.45, 7) is 1.77. The van der Waals surface area contributed by atoms with E-state index in [9.17, 15) is 4.79 Å². The number of rotatable bonds is 2. The van der Waals surface area contributed by atoms with Crippen LogP contribution in [0.2, 0.25) is 0 Å². The number of aromatic nitrogens is 3. The number of anilines is 2. The van der Waals surface area contributed by atoms with Gasteiger partial charge < -0.3 is 5.32 Å². The van der Waals surface area contributed by atoms with Crippen LogP contribution in [0.3, 0.4) is 0 Å². The third-order valence-electron chi connectivity index (χ3n) is 1.96. The Morgan fingerprint density at radius 3 is 3.00 bits per heavy atom. The molecule has 1 aromatic carbocycles. The molecule has 6 heteroatoms. The molecule has 0 bridgehead atoms. The molecule has 0 aliphatic heterocycles. The van der Waals surface area contributed by atoms with Crippen molar-refractivity contribution < 1.29 is 0 Å². The second kappa shape index (κ2) is 4.44. The van der Waals surface area contributed by atoms with Crippen LogP contribution < -0.4 is 11.0 Å². The summed E-state index contributed by atoms with van der Waals surface area (Å²) in [6.07, 6.45) is 0. The molecular weight excluding hydrogens is 272 g/mol. The van der Waals surface area contributed by atoms with Crippen molar-refractivity contribution in [3.63, 3.8) is 0 Å². The summed E-state index contributed by atoms with van der Waals surface area (Å²) < 4.78 is 0.952. The molecule has 0 aliphatic carbocycles. The number of benzene rings is 1. The second-order valence-electron chi connectivity index (χ2n) is 3.21. The first kappa shape index (κ1) is 10.8. The van der Waals surface area contributed by atoms with E-state index in [-0.39, 0.29) is 0 Å². The Bertz CT molecular complexity index is 567. The van der Waals surface area contributed by atoms with Gasteiger partial charge in [-0.3, -0.25) is 0 Å². The smallest absolute Gasteiger partial charge is 0.338 e. The molecule has 2 N–H and O–H groups in total. The zero-order valence-electron chi connectivity index (χ0n) is 8.49. The van der Waals surface area contributed by atoms with Gasteiger partial charge in [-0.2, -0.15) is 10.1 Å². The van der Waals surface area contributed by atoms with E-state index < -0.39 is 5.69 Å². The van der Waals surface area contributed by atoms with Crippen LogP contribution in [0.5, 0.6) is 0 Å². The summed E-state index contributed by atoms with van der Waals surface area (Å²) in [4.78, 5) is 14.8. The van der Waals surface area contributed by atoms with Crippen molar-refractivity contribution in [1.29, 1.82) is 0 Å². The number of halogens is 1. The molecule has 0 amide bonds. The first-order chi connectivity index (χ1) is 7.65. The van der Waals surface area contributed by atoms with Crippen LogP contribution >= 0.6 is 15.9 Å². The third kappa shape index (κ3) is 2.46. The molecule has 0 saturated heterocycles. The maximum atomic E-state index is 11.0. The van der Waals surface area contributed by atoms with Crippen LogP contribution in [0.1, 0.15) is 5.69 Å². The SMILES string of the molecule is Cc1n[nH]c(=O)nc1Nc1cccc(Br)c1. The number of nitrogens with one attached hydrogen (secondary N) is 2. The summed E-state index contributed by atoms with van der Waals surface area (Å²) in [5, 5.41) is 9.12. The van der Waals surface area contributed by atoms with Gasteiger partial charge in [0.2, 0.25) is 0 Å². The number of nitrogens with zero attached hydrogens (tertiary/aromatic N) is 2. The lowest BCUT2D eigenvalue weighted by Gasteiger charge is -2.06. The zero-order valence-corrected chi connectivity index (χ0v) is 10.1. The van der Waals surface area contributed by atoms with E-state index in [4.69, 9.17) is 0 Å². The summed E-state index contributed by atoms with van der Waals surface area (Å²) in [6, 6.07) is 7.58. The van der Waals surface area contributed by atoms with Gasteiger partial charge in [0.15, 0.2) is 5.82 Å².